The van der Waals surface area contributed by atoms with Crippen LogP contribution in [0.25, 0.3) is 10.8 Å². The number of benzene rings is 3. The van der Waals surface area contributed by atoms with Gasteiger partial charge >= 0.3 is 18.1 Å². The number of esters is 2. The first-order valence-corrected chi connectivity index (χ1v) is 14.4. The molecule has 4 N–H and O–H groups in total. The van der Waals surface area contributed by atoms with Crippen molar-refractivity contribution in [2.45, 2.75) is 51.6 Å². The number of carbonyl (C=O) groups excluding carboxylic acids is 3. The number of pyridine rings is 1. The lowest BCUT2D eigenvalue weighted by molar-refractivity contribution is -0.202. The Hall–Kier alpha value is -5.33. The molecule has 46 heavy (non-hydrogen) atoms. The van der Waals surface area contributed by atoms with E-state index in [0.717, 1.165) is 5.39 Å². The summed E-state index contributed by atoms with van der Waals surface area (Å²) in [5, 5.41) is 7.42. The molecule has 0 radical (unpaired) electrons. The second-order valence-corrected chi connectivity index (χ2v) is 10.5. The molecule has 1 unspecified atom stereocenters. The van der Waals surface area contributed by atoms with Gasteiger partial charge in [0.1, 0.15) is 11.9 Å². The first kappa shape index (κ1) is 33.6. The number of nitrogens with two attached hydrogens (primary N) is 1. The number of fused-ring (bicyclic) bond motifs is 1. The molecule has 0 aliphatic rings. The quantitative estimate of drug-likeness (QED) is 0.125. The van der Waals surface area contributed by atoms with E-state index in [-0.39, 0.29) is 6.10 Å². The molecule has 1 aromatic heterocycles. The number of anilines is 2. The minimum atomic E-state index is -5.36. The van der Waals surface area contributed by atoms with Crippen LogP contribution in [0.2, 0.25) is 0 Å². The van der Waals surface area contributed by atoms with E-state index in [9.17, 15) is 27.6 Å². The molecule has 0 fully saturated rings. The van der Waals surface area contributed by atoms with Crippen LogP contribution >= 0.6 is 0 Å². The highest BCUT2D eigenvalue weighted by molar-refractivity contribution is 5.94. The second-order valence-electron chi connectivity index (χ2n) is 10.5. The summed E-state index contributed by atoms with van der Waals surface area (Å²) in [5.41, 5.74) is 7.38. The van der Waals surface area contributed by atoms with Crippen LogP contribution in [0.1, 0.15) is 50.4 Å². The largest absolute Gasteiger partial charge is 0.491 e. The lowest BCUT2D eigenvalue weighted by Gasteiger charge is -2.25. The first-order chi connectivity index (χ1) is 21.8. The predicted octanol–water partition coefficient (Wildman–Crippen LogP) is 6.04. The Labute approximate surface area is 263 Å². The van der Waals surface area contributed by atoms with E-state index >= 15 is 0 Å². The van der Waals surface area contributed by atoms with E-state index < -0.39 is 42.5 Å². The molecule has 0 saturated heterocycles. The Balaban J connectivity index is 1.71. The standard InChI is InChI=1S/C33H33F3N4O6/c1-4-44-27-17-22(10-13-26(27)45-19(2)3)29(39-23-11-12-24-21(16-23)14-15-38-30(24)37)31(42)40-25(20-8-6-5-7-9-20)18-28(41)46-32(43)33(34,35)36/h5-17,19,25,29,39H,4,18H2,1-3H3,(H2,37,38)(H,40,42)/t25-,29?/m1/s1. The Bertz CT molecular complexity index is 1700. The van der Waals surface area contributed by atoms with Crippen molar-refractivity contribution < 1.29 is 41.8 Å². The summed E-state index contributed by atoms with van der Waals surface area (Å²) in [4.78, 5) is 41.9. The maximum Gasteiger partial charge on any atom is 0.491 e. The fourth-order valence-corrected chi connectivity index (χ4v) is 4.64. The van der Waals surface area contributed by atoms with Gasteiger partial charge < -0.3 is 30.6 Å². The van der Waals surface area contributed by atoms with Crippen molar-refractivity contribution in [3.05, 3.63) is 90.1 Å². The molecule has 10 nitrogen and oxygen atoms in total. The lowest BCUT2D eigenvalue weighted by Crippen LogP contribution is -2.38. The summed E-state index contributed by atoms with van der Waals surface area (Å²) >= 11 is 0. The molecular weight excluding hydrogens is 605 g/mol. The van der Waals surface area contributed by atoms with Crippen molar-refractivity contribution in [1.82, 2.24) is 10.3 Å². The third-order valence-corrected chi connectivity index (χ3v) is 6.66. The Kier molecular flexibility index (Phi) is 10.7. The minimum absolute atomic E-state index is 0.155. The third kappa shape index (κ3) is 8.65. The number of halogens is 3. The van der Waals surface area contributed by atoms with Crippen LogP contribution in [0, 0.1) is 0 Å². The molecular formula is C33H33F3N4O6. The van der Waals surface area contributed by atoms with Crippen molar-refractivity contribution in [2.24, 2.45) is 0 Å². The molecule has 0 aliphatic heterocycles. The first-order valence-electron chi connectivity index (χ1n) is 14.4. The van der Waals surface area contributed by atoms with E-state index in [2.05, 4.69) is 20.4 Å². The van der Waals surface area contributed by atoms with Crippen molar-refractivity contribution in [1.29, 1.82) is 0 Å². The fraction of sp³-hybridized carbons (Fsp3) is 0.273. The summed E-state index contributed by atoms with van der Waals surface area (Å²) in [6.07, 6.45) is -4.71. The van der Waals surface area contributed by atoms with E-state index in [1.165, 1.54) is 0 Å². The van der Waals surface area contributed by atoms with Gasteiger partial charge in [-0.05, 0) is 73.7 Å². The second kappa shape index (κ2) is 14.6. The van der Waals surface area contributed by atoms with E-state index in [4.69, 9.17) is 15.2 Å². The van der Waals surface area contributed by atoms with Gasteiger partial charge in [0.05, 0.1) is 25.2 Å². The van der Waals surface area contributed by atoms with Gasteiger partial charge in [0.25, 0.3) is 0 Å². The topological polar surface area (TPSA) is 142 Å². The maximum absolute atomic E-state index is 14.1. The van der Waals surface area contributed by atoms with E-state index in [1.54, 1.807) is 85.9 Å². The van der Waals surface area contributed by atoms with Crippen LogP contribution in [0.5, 0.6) is 11.5 Å². The molecule has 4 rings (SSSR count). The monoisotopic (exact) mass is 638 g/mol. The Morgan fingerprint density at radius 3 is 2.35 bits per heavy atom. The molecule has 1 heterocycles. The van der Waals surface area contributed by atoms with Crippen LogP contribution in [0.3, 0.4) is 0 Å². The van der Waals surface area contributed by atoms with E-state index in [0.29, 0.717) is 46.1 Å². The average molecular weight is 639 g/mol. The number of nitrogen functional groups attached to an aromatic ring is 1. The SMILES string of the molecule is CCOc1cc(C(Nc2ccc3c(N)nccc3c2)C(=O)N[C@H](CC(=O)OC(=O)C(F)(F)F)c2ccccc2)ccc1OC(C)C. The summed E-state index contributed by atoms with van der Waals surface area (Å²) < 4.78 is 53.9. The molecule has 0 aliphatic carbocycles. The predicted molar refractivity (Wildman–Crippen MR) is 165 cm³/mol. The van der Waals surface area contributed by atoms with Crippen molar-refractivity contribution in [2.75, 3.05) is 17.7 Å². The van der Waals surface area contributed by atoms with Crippen LogP contribution in [-0.2, 0) is 19.1 Å². The molecule has 4 aromatic rings. The van der Waals surface area contributed by atoms with Crippen molar-refractivity contribution >= 4 is 40.1 Å². The summed E-state index contributed by atoms with van der Waals surface area (Å²) in [5.74, 6) is -3.56. The summed E-state index contributed by atoms with van der Waals surface area (Å²) in [6, 6.07) is 17.9. The molecule has 13 heteroatoms. The van der Waals surface area contributed by atoms with Gasteiger partial charge in [-0.25, -0.2) is 9.78 Å². The Morgan fingerprint density at radius 1 is 0.935 bits per heavy atom. The molecule has 0 spiro atoms. The number of amides is 1. The van der Waals surface area contributed by atoms with Crippen molar-refractivity contribution in [3.63, 3.8) is 0 Å². The summed E-state index contributed by atoms with van der Waals surface area (Å²) in [7, 11) is 0. The van der Waals surface area contributed by atoms with Gasteiger partial charge in [0.2, 0.25) is 5.91 Å². The number of ether oxygens (including phenoxy) is 3. The molecule has 242 valence electrons. The van der Waals surface area contributed by atoms with E-state index in [1.807, 2.05) is 13.8 Å². The van der Waals surface area contributed by atoms with Crippen LogP contribution in [0.4, 0.5) is 24.7 Å². The number of hydrogen-bond donors (Lipinski definition) is 3. The molecule has 0 saturated carbocycles. The zero-order chi connectivity index (χ0) is 33.4. The zero-order valence-corrected chi connectivity index (χ0v) is 25.3. The minimum Gasteiger partial charge on any atom is -0.490 e. The van der Waals surface area contributed by atoms with Crippen LogP contribution in [-0.4, -0.2) is 41.7 Å². The summed E-state index contributed by atoms with van der Waals surface area (Å²) in [6.45, 7) is 5.84. The van der Waals surface area contributed by atoms with Gasteiger partial charge in [0.15, 0.2) is 11.5 Å². The van der Waals surface area contributed by atoms with Gasteiger partial charge in [-0.2, -0.15) is 13.2 Å². The van der Waals surface area contributed by atoms with Gasteiger partial charge in [-0.3, -0.25) is 9.59 Å². The van der Waals surface area contributed by atoms with Crippen LogP contribution < -0.4 is 25.8 Å². The maximum atomic E-state index is 14.1. The number of nitrogens with zero attached hydrogens (tertiary/aromatic N) is 1. The number of alkyl halides is 3. The Morgan fingerprint density at radius 2 is 1.67 bits per heavy atom. The molecule has 2 atom stereocenters. The number of hydrogen-bond acceptors (Lipinski definition) is 9. The lowest BCUT2D eigenvalue weighted by atomic mass is 10.0. The van der Waals surface area contributed by atoms with Gasteiger partial charge in [-0.1, -0.05) is 36.4 Å². The highest BCUT2D eigenvalue weighted by atomic mass is 19.4. The molecule has 1 amide bonds. The number of carbonyl (C=O) groups is 3. The normalized spacial score (nSPS) is 12.7. The number of aromatic nitrogens is 1. The number of rotatable bonds is 12. The highest BCUT2D eigenvalue weighted by Crippen LogP contribution is 2.34. The fourth-order valence-electron chi connectivity index (χ4n) is 4.64. The smallest absolute Gasteiger partial charge is 0.490 e. The van der Waals surface area contributed by atoms with Gasteiger partial charge in [-0.15, -0.1) is 0 Å². The molecule has 0 bridgehead atoms. The number of nitrogens with one attached hydrogen (secondary N) is 2. The highest BCUT2D eigenvalue weighted by Gasteiger charge is 2.42. The average Bonchev–Trinajstić information content (AvgIpc) is 3.00. The molecule has 3 aromatic carbocycles. The van der Waals surface area contributed by atoms with Crippen LogP contribution in [0.15, 0.2) is 79.0 Å². The van der Waals surface area contributed by atoms with Crippen molar-refractivity contribution in [3.8, 4) is 11.5 Å². The zero-order valence-electron chi connectivity index (χ0n) is 25.3. The third-order valence-electron chi connectivity index (χ3n) is 6.66. The van der Waals surface area contributed by atoms with Gasteiger partial charge in [0, 0.05) is 17.3 Å².